The molecular formula is C15H22N2. The van der Waals surface area contributed by atoms with E-state index in [-0.39, 0.29) is 0 Å². The topological polar surface area (TPSA) is 17.0 Å². The van der Waals surface area contributed by atoms with Crippen LogP contribution in [0.25, 0.3) is 10.9 Å². The first kappa shape index (κ1) is 12.2. The lowest BCUT2D eigenvalue weighted by atomic mass is 10.00. The fourth-order valence-electron chi connectivity index (χ4n) is 2.42. The van der Waals surface area contributed by atoms with Crippen molar-refractivity contribution in [3.63, 3.8) is 0 Å². The van der Waals surface area contributed by atoms with Gasteiger partial charge in [-0.3, -0.25) is 0 Å². The lowest BCUT2D eigenvalue weighted by Crippen LogP contribution is -2.06. The third-order valence-electron chi connectivity index (χ3n) is 3.67. The van der Waals surface area contributed by atoms with Crippen LogP contribution in [0.2, 0.25) is 0 Å². The summed E-state index contributed by atoms with van der Waals surface area (Å²) in [4.78, 5) is 0. The normalized spacial score (nSPS) is 11.6. The number of nitrogens with one attached hydrogen (secondary N) is 1. The average molecular weight is 230 g/mol. The second kappa shape index (κ2) is 4.53. The minimum absolute atomic E-state index is 0.586. The van der Waals surface area contributed by atoms with E-state index in [0.717, 1.165) is 6.54 Å². The molecule has 0 bridgehead atoms. The summed E-state index contributed by atoms with van der Waals surface area (Å²) in [5.74, 6) is 0.586. The molecule has 0 saturated carbocycles. The number of aromatic nitrogens is 1. The predicted octanol–water partition coefficient (Wildman–Crippen LogP) is 3.33. The summed E-state index contributed by atoms with van der Waals surface area (Å²) in [7, 11) is 4.15. The van der Waals surface area contributed by atoms with Gasteiger partial charge in [0, 0.05) is 30.2 Å². The van der Waals surface area contributed by atoms with Crippen LogP contribution in [0.15, 0.2) is 18.2 Å². The van der Waals surface area contributed by atoms with Gasteiger partial charge in [-0.1, -0.05) is 19.9 Å². The Morgan fingerprint density at radius 3 is 2.59 bits per heavy atom. The predicted molar refractivity (Wildman–Crippen MR) is 74.5 cm³/mol. The third-order valence-corrected chi connectivity index (χ3v) is 3.67. The van der Waals surface area contributed by atoms with Crippen LogP contribution in [0.5, 0.6) is 0 Å². The molecule has 0 aliphatic heterocycles. The maximum Gasteiger partial charge on any atom is 0.0483 e. The number of aryl methyl sites for hydroxylation is 1. The Labute approximate surface area is 104 Å². The Balaban J connectivity index is 2.69. The van der Waals surface area contributed by atoms with Crippen LogP contribution in [0.4, 0.5) is 0 Å². The Morgan fingerprint density at radius 1 is 1.29 bits per heavy atom. The molecule has 2 heteroatoms. The molecule has 0 saturated heterocycles. The van der Waals surface area contributed by atoms with Gasteiger partial charge >= 0.3 is 0 Å². The summed E-state index contributed by atoms with van der Waals surface area (Å²) < 4.78 is 2.28. The number of fused-ring (bicyclic) bond motifs is 1. The smallest absolute Gasteiger partial charge is 0.0483 e. The SMILES string of the molecule is CNCc1c(C)n(C)c2ccc(C(C)C)cc12. The fourth-order valence-corrected chi connectivity index (χ4v) is 2.42. The molecule has 1 heterocycles. The third kappa shape index (κ3) is 1.98. The summed E-state index contributed by atoms with van der Waals surface area (Å²) in [5.41, 5.74) is 5.53. The summed E-state index contributed by atoms with van der Waals surface area (Å²) in [6, 6.07) is 6.84. The molecule has 0 unspecified atom stereocenters. The highest BCUT2D eigenvalue weighted by Gasteiger charge is 2.12. The van der Waals surface area contributed by atoms with E-state index < -0.39 is 0 Å². The van der Waals surface area contributed by atoms with Crippen molar-refractivity contribution in [3.8, 4) is 0 Å². The first-order valence-electron chi connectivity index (χ1n) is 6.28. The van der Waals surface area contributed by atoms with Gasteiger partial charge in [0.05, 0.1) is 0 Å². The molecule has 0 fully saturated rings. The second-order valence-corrected chi connectivity index (χ2v) is 5.08. The van der Waals surface area contributed by atoms with Gasteiger partial charge < -0.3 is 9.88 Å². The average Bonchev–Trinajstić information content (AvgIpc) is 2.54. The Bertz CT molecular complexity index is 535. The standard InChI is InChI=1S/C15H22N2/c1-10(2)12-6-7-15-13(8-12)14(9-16-4)11(3)17(15)5/h6-8,10,16H,9H2,1-5H3. The molecule has 92 valence electrons. The second-order valence-electron chi connectivity index (χ2n) is 5.08. The van der Waals surface area contributed by atoms with Gasteiger partial charge in [-0.15, -0.1) is 0 Å². The summed E-state index contributed by atoms with van der Waals surface area (Å²) in [5, 5.41) is 4.66. The van der Waals surface area contributed by atoms with Gasteiger partial charge in [0.15, 0.2) is 0 Å². The molecule has 0 amide bonds. The minimum atomic E-state index is 0.586. The molecule has 0 aliphatic rings. The minimum Gasteiger partial charge on any atom is -0.348 e. The van der Waals surface area contributed by atoms with E-state index in [1.807, 2.05) is 7.05 Å². The molecule has 2 rings (SSSR count). The maximum absolute atomic E-state index is 3.27. The summed E-state index contributed by atoms with van der Waals surface area (Å²) in [6.07, 6.45) is 0. The molecular weight excluding hydrogens is 208 g/mol. The molecule has 0 atom stereocenters. The zero-order chi connectivity index (χ0) is 12.6. The number of benzene rings is 1. The Morgan fingerprint density at radius 2 is 2.00 bits per heavy atom. The molecule has 2 nitrogen and oxygen atoms in total. The van der Waals surface area contributed by atoms with Crippen LogP contribution >= 0.6 is 0 Å². The molecule has 0 spiro atoms. The molecule has 0 radical (unpaired) electrons. The van der Waals surface area contributed by atoms with Crippen molar-refractivity contribution >= 4 is 10.9 Å². The lowest BCUT2D eigenvalue weighted by Gasteiger charge is -2.06. The number of nitrogens with zero attached hydrogens (tertiary/aromatic N) is 1. The van der Waals surface area contributed by atoms with Crippen molar-refractivity contribution in [2.75, 3.05) is 7.05 Å². The van der Waals surface area contributed by atoms with E-state index in [2.05, 4.69) is 55.9 Å². The summed E-state index contributed by atoms with van der Waals surface area (Å²) in [6.45, 7) is 7.62. The lowest BCUT2D eigenvalue weighted by molar-refractivity contribution is 0.801. The van der Waals surface area contributed by atoms with Crippen molar-refractivity contribution in [1.29, 1.82) is 0 Å². The maximum atomic E-state index is 3.27. The van der Waals surface area contributed by atoms with Crippen LogP contribution in [0.3, 0.4) is 0 Å². The van der Waals surface area contributed by atoms with Crippen LogP contribution in [0.1, 0.15) is 36.6 Å². The van der Waals surface area contributed by atoms with Gasteiger partial charge in [0.2, 0.25) is 0 Å². The monoisotopic (exact) mass is 230 g/mol. The van der Waals surface area contributed by atoms with E-state index in [1.54, 1.807) is 0 Å². The van der Waals surface area contributed by atoms with Gasteiger partial charge in [-0.2, -0.15) is 0 Å². The molecule has 1 N–H and O–H groups in total. The first-order chi connectivity index (χ1) is 8.06. The quantitative estimate of drug-likeness (QED) is 0.856. The Kier molecular flexibility index (Phi) is 3.25. The molecule has 2 aromatic rings. The van der Waals surface area contributed by atoms with Crippen molar-refractivity contribution < 1.29 is 0 Å². The van der Waals surface area contributed by atoms with E-state index in [1.165, 1.54) is 27.7 Å². The summed E-state index contributed by atoms with van der Waals surface area (Å²) >= 11 is 0. The Hall–Kier alpha value is -1.28. The van der Waals surface area contributed by atoms with Crippen LogP contribution < -0.4 is 5.32 Å². The van der Waals surface area contributed by atoms with E-state index in [4.69, 9.17) is 0 Å². The van der Waals surface area contributed by atoms with Gasteiger partial charge in [0.1, 0.15) is 0 Å². The largest absolute Gasteiger partial charge is 0.348 e. The van der Waals surface area contributed by atoms with Gasteiger partial charge in [-0.25, -0.2) is 0 Å². The van der Waals surface area contributed by atoms with E-state index in [9.17, 15) is 0 Å². The number of hydrogen-bond acceptors (Lipinski definition) is 1. The van der Waals surface area contributed by atoms with Crippen molar-refractivity contribution in [2.45, 2.75) is 33.2 Å². The zero-order valence-electron chi connectivity index (χ0n) is 11.5. The van der Waals surface area contributed by atoms with Gasteiger partial charge in [-0.05, 0) is 43.1 Å². The van der Waals surface area contributed by atoms with Crippen molar-refractivity contribution in [2.24, 2.45) is 7.05 Å². The van der Waals surface area contributed by atoms with E-state index >= 15 is 0 Å². The number of rotatable bonds is 3. The molecule has 1 aromatic heterocycles. The van der Waals surface area contributed by atoms with E-state index in [0.29, 0.717) is 5.92 Å². The van der Waals surface area contributed by atoms with Crippen LogP contribution in [-0.2, 0) is 13.6 Å². The van der Waals surface area contributed by atoms with Crippen LogP contribution in [0, 0.1) is 6.92 Å². The molecule has 17 heavy (non-hydrogen) atoms. The van der Waals surface area contributed by atoms with Crippen LogP contribution in [-0.4, -0.2) is 11.6 Å². The molecule has 1 aromatic carbocycles. The zero-order valence-corrected chi connectivity index (χ0v) is 11.5. The van der Waals surface area contributed by atoms with Crippen molar-refractivity contribution in [3.05, 3.63) is 35.0 Å². The first-order valence-corrected chi connectivity index (χ1v) is 6.28. The highest BCUT2D eigenvalue weighted by molar-refractivity contribution is 5.86. The number of hydrogen-bond donors (Lipinski definition) is 1. The fraction of sp³-hybridized carbons (Fsp3) is 0.467. The molecule has 0 aliphatic carbocycles. The highest BCUT2D eigenvalue weighted by atomic mass is 15.0. The van der Waals surface area contributed by atoms with Gasteiger partial charge in [0.25, 0.3) is 0 Å². The highest BCUT2D eigenvalue weighted by Crippen LogP contribution is 2.28. The van der Waals surface area contributed by atoms with Crippen molar-refractivity contribution in [1.82, 2.24) is 9.88 Å².